The van der Waals surface area contributed by atoms with Gasteiger partial charge in [0.05, 0.1) is 45.2 Å². The largest absolute Gasteiger partial charge is 0.456 e. The van der Waals surface area contributed by atoms with E-state index in [4.69, 9.17) is 39.3 Å². The topological polar surface area (TPSA) is 39.4 Å². The van der Waals surface area contributed by atoms with Crippen molar-refractivity contribution in [3.63, 3.8) is 0 Å². The summed E-state index contributed by atoms with van der Waals surface area (Å²) in [5, 5.41) is 6.50. The molecule has 133 heavy (non-hydrogen) atoms. The lowest BCUT2D eigenvalue weighted by molar-refractivity contribution is 0.668. The first-order chi connectivity index (χ1) is 79.7. The maximum absolute atomic E-state index is 9.60. The van der Waals surface area contributed by atoms with Gasteiger partial charge in [-0.15, -0.1) is 0 Å². The molecule has 0 radical (unpaired) electrons. The lowest BCUT2D eigenvalue weighted by Crippen LogP contribution is -1.93. The second-order valence-electron chi connectivity index (χ2n) is 32.1. The smallest absolute Gasteiger partial charge is 0.143 e. The number of benzene rings is 24. The molecule has 27 rings (SSSR count). The number of hydrogen-bond acceptors (Lipinski definition) is 3. The van der Waals surface area contributed by atoms with Gasteiger partial charge in [-0.05, 0) is 259 Å². The number of hydrogen-bond donors (Lipinski definition) is 0. The van der Waals surface area contributed by atoms with Crippen molar-refractivity contribution in [2.24, 2.45) is 0 Å². The van der Waals surface area contributed by atoms with Crippen LogP contribution in [0.15, 0.2) is 510 Å². The molecule has 27 aromatic rings. The van der Waals surface area contributed by atoms with Crippen molar-refractivity contribution in [1.29, 1.82) is 0 Å². The molecule has 0 unspecified atom stereocenters. The monoisotopic (exact) mass is 1720 g/mol. The third-order valence-corrected chi connectivity index (χ3v) is 24.7. The molecule has 3 heteroatoms. The standard InChI is InChI=1S/C48H30O.C44H28O.C38H24O/c1-2-12-31(13-3-1)33-22-25-34(26-23-33)47-38-17-6-8-19-40(38)48(41-20-9-7-18-39(41)47)44-29-43-37-16-10-11-21-45(37)49-46(43)30-42(44)36-27-24-32-14-4-5-15-35(32)28-36;1-3-14-29(15-4-1)31-18-13-19-32(26-31)42-35-21-7-9-23-37(35)43(38-24-10-8-22-36(38)42)33-27-39(30-16-5-2-6-17-30)44-40(28-33)34-20-11-12-25-41(34)45-44;1-2-10-25(11-3-1)26-18-20-27(21-19-26)37-30-13-4-6-15-32(30)38(33-16-7-5-14-31(33)37)28-22-23-36-34(24-28)29-12-8-9-17-35(29)39-36/h1-30H;1-28H;1-24H/i1D,2D,3D,6D,7D,8D,9D,12D,13D,17D,18D,19D,20D,22D,23D,25D,26D;7D,8D,9D,10D,21D,22D,23D,24D;4D,5D,6D,7D,13D,14D,15D,16D. The van der Waals surface area contributed by atoms with Gasteiger partial charge in [0.15, 0.2) is 0 Å². The molecule has 0 amide bonds. The first-order valence-electron chi connectivity index (χ1n) is 59.4. The molecular formula is C130H82O3. The Hall–Kier alpha value is -17.5. The second-order valence-corrected chi connectivity index (χ2v) is 32.1. The minimum Gasteiger partial charge on any atom is -0.456 e. The Morgan fingerprint density at radius 2 is 0.481 bits per heavy atom. The van der Waals surface area contributed by atoms with Crippen LogP contribution in [0.25, 0.3) is 264 Å². The Morgan fingerprint density at radius 1 is 0.135 bits per heavy atom. The maximum Gasteiger partial charge on any atom is 0.143 e. The molecule has 0 fully saturated rings. The van der Waals surface area contributed by atoms with Crippen LogP contribution in [0.4, 0.5) is 0 Å². The van der Waals surface area contributed by atoms with Crippen molar-refractivity contribution in [3.8, 4) is 122 Å². The van der Waals surface area contributed by atoms with Gasteiger partial charge in [-0.25, -0.2) is 0 Å². The van der Waals surface area contributed by atoms with E-state index in [-0.39, 0.29) is 124 Å². The summed E-state index contributed by atoms with van der Waals surface area (Å²) < 4.78 is 316. The highest BCUT2D eigenvalue weighted by Crippen LogP contribution is 2.53. The van der Waals surface area contributed by atoms with Crippen LogP contribution < -0.4 is 0 Å². The van der Waals surface area contributed by atoms with E-state index in [1.54, 1.807) is 30.3 Å². The third kappa shape index (κ3) is 13.8. The van der Waals surface area contributed by atoms with Gasteiger partial charge >= 0.3 is 0 Å². The Bertz CT molecular complexity index is 11100. The fourth-order valence-corrected chi connectivity index (χ4v) is 18.7. The van der Waals surface area contributed by atoms with Crippen LogP contribution >= 0.6 is 0 Å². The Labute approximate surface area is 815 Å². The van der Waals surface area contributed by atoms with E-state index in [9.17, 15) is 19.2 Å². The van der Waals surface area contributed by atoms with Crippen molar-refractivity contribution in [1.82, 2.24) is 0 Å². The first kappa shape index (κ1) is 50.9. The highest BCUT2D eigenvalue weighted by atomic mass is 16.3. The maximum atomic E-state index is 9.60. The molecule has 0 aliphatic heterocycles. The van der Waals surface area contributed by atoms with Gasteiger partial charge < -0.3 is 13.3 Å². The fraction of sp³-hybridized carbons (Fsp3) is 0. The van der Waals surface area contributed by atoms with Crippen LogP contribution in [0.1, 0.15) is 45.2 Å². The Kier molecular flexibility index (Phi) is 12.6. The van der Waals surface area contributed by atoms with Gasteiger partial charge in [0.1, 0.15) is 33.5 Å². The highest BCUT2D eigenvalue weighted by Gasteiger charge is 2.26. The van der Waals surface area contributed by atoms with Crippen molar-refractivity contribution >= 4 is 141 Å². The molecule has 3 nitrogen and oxygen atoms in total. The van der Waals surface area contributed by atoms with E-state index in [0.717, 1.165) is 65.7 Å². The SMILES string of the molecule is [2H]c1c([2H])c([2H])c(-c2c([2H])c([2H])c(-c3c4c([2H])c([2H])c([2H])c([2H])c4c(-c4cc5c(cc4-c4ccc6ccccc6c4)oc4ccccc45)c4c([2H])c([2H])c([2H])c([2H])c34)c([2H])c2[2H])c([2H])c1[2H].[2H]c1c([2H])c([2H])c2c(-c3cc(-c4ccccc4)c4oc5ccccc5c4c3)c3c([2H])c([2H])c([2H])c([2H])c3c(-c3cccc(-c4ccccc4)c3)c2c1[2H].[2H]c1c([2H])c([2H])c2c(-c3ccc4oc5ccccc5c4c3)c3c([2H])c([2H])c([2H])c([2H])c3c(-c3ccc(-c4ccccc4)cc3)c2c1[2H]. The zero-order chi connectivity index (χ0) is 117. The minimum absolute atomic E-state index is 0.0240. The van der Waals surface area contributed by atoms with E-state index < -0.39 is 173 Å². The molecule has 0 aliphatic rings. The molecule has 0 spiro atoms. The Morgan fingerprint density at radius 3 is 1.02 bits per heavy atom. The van der Waals surface area contributed by atoms with Crippen LogP contribution in [-0.2, 0) is 0 Å². The van der Waals surface area contributed by atoms with Crippen molar-refractivity contribution in [3.05, 3.63) is 497 Å². The van der Waals surface area contributed by atoms with Gasteiger partial charge in [-0.3, -0.25) is 0 Å². The highest BCUT2D eigenvalue weighted by molar-refractivity contribution is 6.27. The van der Waals surface area contributed by atoms with Crippen molar-refractivity contribution < 1.29 is 58.5 Å². The van der Waals surface area contributed by atoms with Crippen LogP contribution in [0.5, 0.6) is 0 Å². The lowest BCUT2D eigenvalue weighted by Gasteiger charge is -2.20. The summed E-state index contributed by atoms with van der Waals surface area (Å²) >= 11 is 0. The van der Waals surface area contributed by atoms with Gasteiger partial charge in [-0.2, -0.15) is 0 Å². The van der Waals surface area contributed by atoms with E-state index in [1.165, 1.54) is 0 Å². The molecular weight excluding hydrogens is 1610 g/mol. The normalized spacial score (nSPS) is 15.1. The summed E-state index contributed by atoms with van der Waals surface area (Å²) in [6, 6.07) is 74.1. The average molecular weight is 1730 g/mol. The summed E-state index contributed by atoms with van der Waals surface area (Å²) in [5.74, 6) is 0. The average Bonchev–Trinajstić information content (AvgIpc) is 1.04. The van der Waals surface area contributed by atoms with Crippen LogP contribution in [0.2, 0.25) is 0 Å². The molecule has 0 saturated carbocycles. The lowest BCUT2D eigenvalue weighted by atomic mass is 9.83. The summed E-state index contributed by atoms with van der Waals surface area (Å²) in [5.41, 5.74) is 11.4. The summed E-state index contributed by atoms with van der Waals surface area (Å²) in [7, 11) is 0. The second kappa shape index (κ2) is 33.0. The van der Waals surface area contributed by atoms with Crippen LogP contribution in [0.3, 0.4) is 0 Å². The van der Waals surface area contributed by atoms with E-state index in [0.29, 0.717) is 99.9 Å². The first-order valence-corrected chi connectivity index (χ1v) is 42.9. The molecule has 0 saturated heterocycles. The number of para-hydroxylation sites is 3. The molecule has 0 bridgehead atoms. The van der Waals surface area contributed by atoms with Gasteiger partial charge in [-0.1, -0.05) is 430 Å². The van der Waals surface area contributed by atoms with Crippen LogP contribution in [0, 0.1) is 0 Å². The predicted octanol–water partition coefficient (Wildman–Crippen LogP) is 37.2. The predicted molar refractivity (Wildman–Crippen MR) is 563 cm³/mol. The third-order valence-electron chi connectivity index (χ3n) is 24.7. The number of rotatable bonds is 11. The Balaban J connectivity index is 0.000000127. The van der Waals surface area contributed by atoms with E-state index in [1.807, 2.05) is 267 Å². The zero-order valence-electron chi connectivity index (χ0n) is 103. The summed E-state index contributed by atoms with van der Waals surface area (Å²) in [6.07, 6.45) is 0. The fourth-order valence-electron chi connectivity index (χ4n) is 18.7. The van der Waals surface area contributed by atoms with Gasteiger partial charge in [0.25, 0.3) is 0 Å². The van der Waals surface area contributed by atoms with Gasteiger partial charge in [0, 0.05) is 37.9 Å². The summed E-state index contributed by atoms with van der Waals surface area (Å²) in [6.45, 7) is 0. The van der Waals surface area contributed by atoms with E-state index in [2.05, 4.69) is 0 Å². The number of fused-ring (bicyclic) bond motifs is 16. The molecule has 0 atom stereocenters. The summed E-state index contributed by atoms with van der Waals surface area (Å²) in [4.78, 5) is 0. The quantitative estimate of drug-likeness (QED) is 0.121. The molecule has 3 aromatic heterocycles. The molecule has 0 N–H and O–H groups in total. The molecule has 24 aromatic carbocycles. The van der Waals surface area contributed by atoms with Crippen molar-refractivity contribution in [2.45, 2.75) is 0 Å². The van der Waals surface area contributed by atoms with Gasteiger partial charge in [0.2, 0.25) is 0 Å². The minimum atomic E-state index is -0.868. The van der Waals surface area contributed by atoms with Crippen molar-refractivity contribution in [2.75, 3.05) is 0 Å². The molecule has 620 valence electrons. The zero-order valence-corrected chi connectivity index (χ0v) is 70.0. The van der Waals surface area contributed by atoms with Crippen LogP contribution in [-0.4, -0.2) is 0 Å². The number of furan rings is 3. The van der Waals surface area contributed by atoms with E-state index >= 15 is 0 Å². The molecule has 3 heterocycles. The molecule has 0 aliphatic carbocycles.